The van der Waals surface area contributed by atoms with Gasteiger partial charge in [0.2, 0.25) is 5.91 Å². The minimum atomic E-state index is -0.261. The van der Waals surface area contributed by atoms with Gasteiger partial charge in [-0.3, -0.25) is 9.59 Å². The normalized spacial score (nSPS) is 15.0. The summed E-state index contributed by atoms with van der Waals surface area (Å²) in [5.41, 5.74) is 1.33. The highest BCUT2D eigenvalue weighted by Crippen LogP contribution is 2.40. The van der Waals surface area contributed by atoms with Crippen LogP contribution in [0.2, 0.25) is 0 Å². The number of nitrogens with one attached hydrogen (secondary N) is 1. The van der Waals surface area contributed by atoms with Gasteiger partial charge in [-0.05, 0) is 51.0 Å². The molecule has 0 bridgehead atoms. The van der Waals surface area contributed by atoms with Crippen LogP contribution in [0.25, 0.3) is 0 Å². The Morgan fingerprint density at radius 3 is 2.41 bits per heavy atom. The number of hydrogen-bond donors (Lipinski definition) is 1. The van der Waals surface area contributed by atoms with Crippen LogP contribution in [-0.2, 0) is 11.3 Å². The molecule has 0 spiro atoms. The van der Waals surface area contributed by atoms with Gasteiger partial charge in [-0.1, -0.05) is 25.6 Å². The molecule has 1 aromatic carbocycles. The lowest BCUT2D eigenvalue weighted by atomic mass is 10.1. The highest BCUT2D eigenvalue weighted by atomic mass is 32.2. The fourth-order valence-electron chi connectivity index (χ4n) is 2.78. The molecule has 2 aromatic rings. The Morgan fingerprint density at radius 1 is 1.19 bits per heavy atom. The number of Topliss-reactive ketones (excluding diaryl/α,β-unsaturated/α-hetero) is 1. The minimum absolute atomic E-state index is 0.0385. The van der Waals surface area contributed by atoms with Gasteiger partial charge in [0, 0.05) is 29.6 Å². The molecule has 1 heterocycles. The predicted molar refractivity (Wildman–Crippen MR) is 107 cm³/mol. The zero-order valence-electron chi connectivity index (χ0n) is 16.2. The zero-order chi connectivity index (χ0) is 19.6. The smallest absolute Gasteiger partial charge is 0.226 e. The summed E-state index contributed by atoms with van der Waals surface area (Å²) in [6.45, 7) is 8.47. The van der Waals surface area contributed by atoms with Gasteiger partial charge >= 0.3 is 0 Å². The second-order valence-electron chi connectivity index (χ2n) is 7.20. The number of anilines is 1. The minimum Gasteiger partial charge on any atom is -0.326 e. The van der Waals surface area contributed by atoms with Crippen LogP contribution in [0.5, 0.6) is 0 Å². The van der Waals surface area contributed by atoms with Gasteiger partial charge in [0.1, 0.15) is 5.82 Å². The van der Waals surface area contributed by atoms with Crippen molar-refractivity contribution in [3.63, 3.8) is 0 Å². The van der Waals surface area contributed by atoms with Crippen LogP contribution in [0.4, 0.5) is 5.69 Å². The fraction of sp³-hybridized carbons (Fsp3) is 0.500. The monoisotopic (exact) mass is 386 g/mol. The Kier molecular flexibility index (Phi) is 5.99. The standard InChI is InChI=1S/C20H26N4O2S/c1-5-24-18(15-6-7-15)22-23-20(24)27-13(4)17(25)14-8-10-16(11-9-14)21-19(26)12(2)3/h8-13,15H,5-7H2,1-4H3,(H,21,26)/t13-/m1/s1. The summed E-state index contributed by atoms with van der Waals surface area (Å²) >= 11 is 1.45. The van der Waals surface area contributed by atoms with E-state index >= 15 is 0 Å². The van der Waals surface area contributed by atoms with Gasteiger partial charge in [-0.2, -0.15) is 0 Å². The molecule has 27 heavy (non-hydrogen) atoms. The molecule has 1 amide bonds. The number of rotatable bonds is 8. The fourth-order valence-corrected chi connectivity index (χ4v) is 3.78. The number of aromatic nitrogens is 3. The van der Waals surface area contributed by atoms with Crippen molar-refractivity contribution in [2.45, 2.75) is 63.4 Å². The molecule has 0 unspecified atom stereocenters. The molecule has 6 nitrogen and oxygen atoms in total. The summed E-state index contributed by atoms with van der Waals surface area (Å²) in [6.07, 6.45) is 2.36. The first-order valence-corrected chi connectivity index (χ1v) is 10.3. The van der Waals surface area contributed by atoms with Crippen LogP contribution in [-0.4, -0.2) is 31.7 Å². The molecule has 1 fully saturated rings. The van der Waals surface area contributed by atoms with E-state index in [4.69, 9.17) is 0 Å². The van der Waals surface area contributed by atoms with E-state index in [9.17, 15) is 9.59 Å². The first kappa shape index (κ1) is 19.6. The second-order valence-corrected chi connectivity index (χ2v) is 8.51. The molecule has 1 atom stereocenters. The summed E-state index contributed by atoms with van der Waals surface area (Å²) in [5.74, 6) is 1.50. The summed E-state index contributed by atoms with van der Waals surface area (Å²) in [5, 5.41) is 12.0. The molecule has 0 aliphatic heterocycles. The maximum Gasteiger partial charge on any atom is 0.226 e. The Hall–Kier alpha value is -2.15. The van der Waals surface area contributed by atoms with Gasteiger partial charge in [-0.15, -0.1) is 10.2 Å². The van der Waals surface area contributed by atoms with Crippen molar-refractivity contribution < 1.29 is 9.59 Å². The molecule has 0 radical (unpaired) electrons. The van der Waals surface area contributed by atoms with E-state index in [1.165, 1.54) is 24.6 Å². The number of benzene rings is 1. The molecular weight excluding hydrogens is 360 g/mol. The number of nitrogens with zero attached hydrogens (tertiary/aromatic N) is 3. The van der Waals surface area contributed by atoms with Crippen molar-refractivity contribution >= 4 is 29.1 Å². The number of carbonyl (C=O) groups excluding carboxylic acids is 2. The largest absolute Gasteiger partial charge is 0.326 e. The van der Waals surface area contributed by atoms with E-state index in [-0.39, 0.29) is 22.9 Å². The molecule has 0 saturated heterocycles. The van der Waals surface area contributed by atoms with E-state index in [1.54, 1.807) is 24.3 Å². The number of thioether (sulfide) groups is 1. The molecule has 1 aliphatic rings. The van der Waals surface area contributed by atoms with Crippen molar-refractivity contribution in [3.05, 3.63) is 35.7 Å². The van der Waals surface area contributed by atoms with Crippen LogP contribution in [0, 0.1) is 5.92 Å². The molecule has 1 N–H and O–H groups in total. The van der Waals surface area contributed by atoms with Crippen molar-refractivity contribution in [3.8, 4) is 0 Å². The lowest BCUT2D eigenvalue weighted by molar-refractivity contribution is -0.118. The Labute approximate surface area is 164 Å². The van der Waals surface area contributed by atoms with Crippen LogP contribution in [0.1, 0.15) is 62.6 Å². The molecule has 144 valence electrons. The second kappa shape index (κ2) is 8.25. The SMILES string of the molecule is CCn1c(S[C@H](C)C(=O)c2ccc(NC(=O)C(C)C)cc2)nnc1C1CC1. The third kappa shape index (κ3) is 4.58. The maximum atomic E-state index is 12.8. The van der Waals surface area contributed by atoms with Crippen molar-refractivity contribution in [2.75, 3.05) is 5.32 Å². The van der Waals surface area contributed by atoms with Crippen LogP contribution in [0.15, 0.2) is 29.4 Å². The topological polar surface area (TPSA) is 76.9 Å². The van der Waals surface area contributed by atoms with Gasteiger partial charge in [-0.25, -0.2) is 0 Å². The van der Waals surface area contributed by atoms with E-state index < -0.39 is 0 Å². The quantitative estimate of drug-likeness (QED) is 0.545. The first-order chi connectivity index (χ1) is 12.9. The van der Waals surface area contributed by atoms with Gasteiger partial charge in [0.25, 0.3) is 0 Å². The van der Waals surface area contributed by atoms with Crippen molar-refractivity contribution in [1.82, 2.24) is 14.8 Å². The lowest BCUT2D eigenvalue weighted by Crippen LogP contribution is -2.18. The average molecular weight is 387 g/mol. The zero-order valence-corrected chi connectivity index (χ0v) is 17.0. The number of ketones is 1. The highest BCUT2D eigenvalue weighted by molar-refractivity contribution is 8.00. The van der Waals surface area contributed by atoms with Gasteiger partial charge < -0.3 is 9.88 Å². The molecule has 3 rings (SSSR count). The van der Waals surface area contributed by atoms with Gasteiger partial charge in [0.15, 0.2) is 10.9 Å². The molecule has 1 aliphatic carbocycles. The Morgan fingerprint density at radius 2 is 1.85 bits per heavy atom. The summed E-state index contributed by atoms with van der Waals surface area (Å²) in [7, 11) is 0. The van der Waals surface area contributed by atoms with E-state index in [1.807, 2.05) is 20.8 Å². The van der Waals surface area contributed by atoms with E-state index in [2.05, 4.69) is 27.0 Å². The number of amides is 1. The third-order valence-corrected chi connectivity index (χ3v) is 5.70. The number of carbonyl (C=O) groups is 2. The van der Waals surface area contributed by atoms with E-state index in [0.717, 1.165) is 17.5 Å². The summed E-state index contributed by atoms with van der Waals surface area (Å²) in [4.78, 5) is 24.5. The van der Waals surface area contributed by atoms with E-state index in [0.29, 0.717) is 17.2 Å². The highest BCUT2D eigenvalue weighted by Gasteiger charge is 2.30. The first-order valence-electron chi connectivity index (χ1n) is 9.45. The van der Waals surface area contributed by atoms with Crippen LogP contribution >= 0.6 is 11.8 Å². The average Bonchev–Trinajstić information content (AvgIpc) is 3.42. The van der Waals surface area contributed by atoms with Crippen LogP contribution < -0.4 is 5.32 Å². The molecule has 7 heteroatoms. The van der Waals surface area contributed by atoms with Gasteiger partial charge in [0.05, 0.1) is 5.25 Å². The third-order valence-electron chi connectivity index (χ3n) is 4.62. The Balaban J connectivity index is 1.66. The maximum absolute atomic E-state index is 12.8. The molecular formula is C20H26N4O2S. The van der Waals surface area contributed by atoms with Crippen LogP contribution in [0.3, 0.4) is 0 Å². The molecule has 1 saturated carbocycles. The van der Waals surface area contributed by atoms with Crippen molar-refractivity contribution in [1.29, 1.82) is 0 Å². The summed E-state index contributed by atoms with van der Waals surface area (Å²) in [6, 6.07) is 7.06. The number of hydrogen-bond acceptors (Lipinski definition) is 5. The predicted octanol–water partition coefficient (Wildman–Crippen LogP) is 4.13. The Bertz CT molecular complexity index is 825. The lowest BCUT2D eigenvalue weighted by Gasteiger charge is -2.12. The molecule has 1 aromatic heterocycles. The summed E-state index contributed by atoms with van der Waals surface area (Å²) < 4.78 is 2.12. The van der Waals surface area contributed by atoms with Crippen molar-refractivity contribution in [2.24, 2.45) is 5.92 Å².